The highest BCUT2D eigenvalue weighted by molar-refractivity contribution is 8.03. The summed E-state index contributed by atoms with van der Waals surface area (Å²) in [5.74, 6) is -0.724. The average molecular weight is 410 g/mol. The van der Waals surface area contributed by atoms with Gasteiger partial charge in [-0.2, -0.15) is 5.26 Å². The van der Waals surface area contributed by atoms with Gasteiger partial charge in [-0.1, -0.05) is 30.0 Å². The van der Waals surface area contributed by atoms with E-state index in [0.29, 0.717) is 22.0 Å². The number of hydrogen-bond acceptors (Lipinski definition) is 6. The van der Waals surface area contributed by atoms with Gasteiger partial charge in [0.2, 0.25) is 5.91 Å². The molecule has 0 bridgehead atoms. The van der Waals surface area contributed by atoms with Gasteiger partial charge in [-0.15, -0.1) is 0 Å². The van der Waals surface area contributed by atoms with Crippen molar-refractivity contribution >= 4 is 29.0 Å². The maximum absolute atomic E-state index is 13.2. The molecule has 2 aromatic rings. The van der Waals surface area contributed by atoms with Gasteiger partial charge < -0.3 is 4.90 Å². The summed E-state index contributed by atoms with van der Waals surface area (Å²) >= 11 is 1.33. The largest absolute Gasteiger partial charge is 0.344 e. The molecule has 2 aliphatic rings. The Morgan fingerprint density at radius 2 is 1.93 bits per heavy atom. The third kappa shape index (κ3) is 3.43. The number of amides is 1. The molecule has 0 saturated carbocycles. The molecule has 2 heterocycles. The van der Waals surface area contributed by atoms with Crippen molar-refractivity contribution in [3.8, 4) is 6.07 Å². The topological polar surface area (TPSA) is 90.5 Å². The van der Waals surface area contributed by atoms with Crippen molar-refractivity contribution in [3.63, 3.8) is 0 Å². The monoisotopic (exact) mass is 410 g/mol. The van der Waals surface area contributed by atoms with Crippen LogP contribution in [-0.4, -0.2) is 28.3 Å². The summed E-state index contributed by atoms with van der Waals surface area (Å²) in [4.78, 5) is 27.3. The number of thioether (sulfide) groups is 1. The number of nitriles is 1. The number of carbonyl (C=O) groups is 1. The molecule has 146 valence electrons. The first-order valence-corrected chi connectivity index (χ1v) is 9.79. The molecule has 7 nitrogen and oxygen atoms in total. The van der Waals surface area contributed by atoms with E-state index in [4.69, 9.17) is 0 Å². The second-order valence-electron chi connectivity index (χ2n) is 6.66. The van der Waals surface area contributed by atoms with E-state index in [-0.39, 0.29) is 30.5 Å². The summed E-state index contributed by atoms with van der Waals surface area (Å²) in [6.45, 7) is 0.238. The maximum atomic E-state index is 13.2. The van der Waals surface area contributed by atoms with Crippen LogP contribution in [0.5, 0.6) is 0 Å². The number of nitro benzene ring substituents is 1. The Kier molecular flexibility index (Phi) is 4.94. The van der Waals surface area contributed by atoms with Crippen molar-refractivity contribution in [1.82, 2.24) is 4.90 Å². The van der Waals surface area contributed by atoms with Crippen molar-refractivity contribution in [2.45, 2.75) is 12.3 Å². The lowest BCUT2D eigenvalue weighted by Gasteiger charge is -2.42. The second-order valence-corrected chi connectivity index (χ2v) is 7.59. The predicted octanol–water partition coefficient (Wildman–Crippen LogP) is 3.95. The van der Waals surface area contributed by atoms with Crippen LogP contribution in [0.2, 0.25) is 0 Å². The molecule has 1 amide bonds. The number of carbonyl (C=O) groups excluding carboxylic acids is 1. The summed E-state index contributed by atoms with van der Waals surface area (Å²) in [6.07, 6.45) is -0.0188. The normalized spacial score (nSPS) is 19.0. The van der Waals surface area contributed by atoms with E-state index >= 15 is 0 Å². The second kappa shape index (κ2) is 7.56. The zero-order valence-corrected chi connectivity index (χ0v) is 15.9. The quantitative estimate of drug-likeness (QED) is 0.562. The number of fused-ring (bicyclic) bond motifs is 1. The van der Waals surface area contributed by atoms with Crippen LogP contribution in [0, 0.1) is 27.3 Å². The van der Waals surface area contributed by atoms with Crippen LogP contribution in [0.1, 0.15) is 17.9 Å². The molecule has 1 saturated heterocycles. The van der Waals surface area contributed by atoms with Gasteiger partial charge >= 0.3 is 0 Å². The number of nitrogens with zero attached hydrogens (tertiary/aromatic N) is 4. The van der Waals surface area contributed by atoms with Crippen LogP contribution in [0.4, 0.5) is 15.8 Å². The Labute approximate surface area is 170 Å². The molecule has 2 aromatic carbocycles. The Morgan fingerprint density at radius 3 is 2.62 bits per heavy atom. The highest BCUT2D eigenvalue weighted by Crippen LogP contribution is 2.45. The van der Waals surface area contributed by atoms with Crippen molar-refractivity contribution in [2.75, 3.05) is 17.4 Å². The molecule has 9 heteroatoms. The molecule has 0 aliphatic carbocycles. The highest BCUT2D eigenvalue weighted by atomic mass is 32.2. The summed E-state index contributed by atoms with van der Waals surface area (Å²) < 4.78 is 13.2. The van der Waals surface area contributed by atoms with Crippen molar-refractivity contribution in [3.05, 3.63) is 80.6 Å². The van der Waals surface area contributed by atoms with Gasteiger partial charge in [-0.25, -0.2) is 4.39 Å². The minimum absolute atomic E-state index is 0.0188. The number of rotatable bonds is 3. The van der Waals surface area contributed by atoms with Crippen molar-refractivity contribution in [1.29, 1.82) is 5.26 Å². The number of hydrogen-bond donors (Lipinski definition) is 0. The molecule has 1 atom stereocenters. The van der Waals surface area contributed by atoms with Crippen LogP contribution < -0.4 is 4.90 Å². The number of benzene rings is 2. The lowest BCUT2D eigenvalue weighted by Crippen LogP contribution is -2.47. The molecule has 0 aromatic heterocycles. The first kappa shape index (κ1) is 19.0. The molecule has 0 radical (unpaired) electrons. The number of anilines is 1. The Bertz CT molecular complexity index is 1060. The van der Waals surface area contributed by atoms with Crippen molar-refractivity contribution in [2.24, 2.45) is 0 Å². The zero-order valence-electron chi connectivity index (χ0n) is 15.1. The van der Waals surface area contributed by atoms with Crippen molar-refractivity contribution < 1.29 is 14.1 Å². The number of allylic oxidation sites excluding steroid dienone is 1. The fourth-order valence-corrected chi connectivity index (χ4v) is 4.76. The molecule has 0 spiro atoms. The molecule has 0 N–H and O–H groups in total. The molecule has 4 rings (SSSR count). The Morgan fingerprint density at radius 1 is 1.21 bits per heavy atom. The fourth-order valence-electron chi connectivity index (χ4n) is 3.59. The van der Waals surface area contributed by atoms with Gasteiger partial charge in [-0.05, 0) is 24.3 Å². The highest BCUT2D eigenvalue weighted by Gasteiger charge is 2.40. The number of nitro groups is 1. The van der Waals surface area contributed by atoms with Gasteiger partial charge in [0.05, 0.1) is 34.1 Å². The first-order chi connectivity index (χ1) is 14.0. The first-order valence-electron chi connectivity index (χ1n) is 8.81. The summed E-state index contributed by atoms with van der Waals surface area (Å²) in [7, 11) is 0. The van der Waals surface area contributed by atoms with E-state index in [1.807, 2.05) is 4.90 Å². The van der Waals surface area contributed by atoms with Gasteiger partial charge in [0.25, 0.3) is 5.69 Å². The summed E-state index contributed by atoms with van der Waals surface area (Å²) in [5.41, 5.74) is 1.41. The van der Waals surface area contributed by atoms with Gasteiger partial charge in [-0.3, -0.25) is 19.8 Å². The minimum atomic E-state index is -0.648. The SMILES string of the molecule is N#CC1=C2SCN(c3ccc(F)cc3)CN2C(=O)C[C@@H]1c1ccccc1[N+](=O)[O-]. The number of halogens is 1. The smallest absolute Gasteiger partial charge is 0.273 e. The zero-order chi connectivity index (χ0) is 20.5. The lowest BCUT2D eigenvalue weighted by molar-refractivity contribution is -0.385. The van der Waals surface area contributed by atoms with Crippen LogP contribution in [0.15, 0.2) is 59.1 Å². The average Bonchev–Trinajstić information content (AvgIpc) is 2.74. The van der Waals surface area contributed by atoms with E-state index in [1.54, 1.807) is 30.3 Å². The number of para-hydroxylation sites is 1. The molecule has 0 unspecified atom stereocenters. The predicted molar refractivity (Wildman–Crippen MR) is 106 cm³/mol. The fraction of sp³-hybridized carbons (Fsp3) is 0.200. The Hall–Kier alpha value is -3.38. The Balaban J connectivity index is 1.70. The third-order valence-electron chi connectivity index (χ3n) is 4.99. The standard InChI is InChI=1S/C20H15FN4O3S/c21-13-5-7-14(8-6-13)23-11-24-19(26)9-16(17(10-22)20(24)29-12-23)15-3-1-2-4-18(15)25(27)28/h1-8,16H,9,11-12H2/t16-/m1/s1. The maximum Gasteiger partial charge on any atom is 0.273 e. The van der Waals surface area contributed by atoms with Crippen LogP contribution in [-0.2, 0) is 4.79 Å². The van der Waals surface area contributed by atoms with Gasteiger partial charge in [0.15, 0.2) is 0 Å². The summed E-state index contributed by atoms with van der Waals surface area (Å²) in [6, 6.07) is 14.4. The third-order valence-corrected chi connectivity index (χ3v) is 6.15. The van der Waals surface area contributed by atoms with Crippen LogP contribution in [0.25, 0.3) is 0 Å². The molecular formula is C20H15FN4O3S. The molecule has 29 heavy (non-hydrogen) atoms. The van der Waals surface area contributed by atoms with E-state index in [2.05, 4.69) is 6.07 Å². The van der Waals surface area contributed by atoms with E-state index in [1.165, 1.54) is 34.9 Å². The van der Waals surface area contributed by atoms with E-state index < -0.39 is 10.8 Å². The molecule has 1 fully saturated rings. The van der Waals surface area contributed by atoms with E-state index in [0.717, 1.165) is 5.69 Å². The lowest BCUT2D eigenvalue weighted by atomic mass is 9.85. The summed E-state index contributed by atoms with van der Waals surface area (Å²) in [5, 5.41) is 21.8. The van der Waals surface area contributed by atoms with Gasteiger partial charge in [0, 0.05) is 29.7 Å². The minimum Gasteiger partial charge on any atom is -0.344 e. The van der Waals surface area contributed by atoms with Gasteiger partial charge in [0.1, 0.15) is 5.82 Å². The molecular weight excluding hydrogens is 395 g/mol. The van der Waals surface area contributed by atoms with E-state index in [9.17, 15) is 24.6 Å². The van der Waals surface area contributed by atoms with Crippen LogP contribution in [0.3, 0.4) is 0 Å². The molecule has 2 aliphatic heterocycles. The van der Waals surface area contributed by atoms with Crippen LogP contribution >= 0.6 is 11.8 Å².